The minimum absolute atomic E-state index is 0.256. The highest BCUT2D eigenvalue weighted by Gasteiger charge is 2.19. The van der Waals surface area contributed by atoms with E-state index >= 15 is 0 Å². The summed E-state index contributed by atoms with van der Waals surface area (Å²) in [4.78, 5) is 22.4. The SMILES string of the molecule is Cn1cc(C(=O)C(=O)Cl)c2ccc(C#N)cc21. The minimum atomic E-state index is -1.01. The molecule has 0 amide bonds. The number of Topliss-reactive ketones (excluding diaryl/α,β-unsaturated/α-hetero) is 1. The zero-order valence-electron chi connectivity index (χ0n) is 8.90. The quantitative estimate of drug-likeness (QED) is 0.463. The van der Waals surface area contributed by atoms with E-state index in [-0.39, 0.29) is 5.56 Å². The molecule has 0 saturated carbocycles. The van der Waals surface area contributed by atoms with E-state index in [1.54, 1.807) is 29.8 Å². The Morgan fingerprint density at radius 2 is 2.12 bits per heavy atom. The summed E-state index contributed by atoms with van der Waals surface area (Å²) in [5.74, 6) is -0.734. The molecule has 1 aromatic heterocycles. The molecule has 0 aliphatic carbocycles. The van der Waals surface area contributed by atoms with Crippen LogP contribution in [0.4, 0.5) is 0 Å². The first-order chi connectivity index (χ1) is 8.04. The second-order valence-electron chi connectivity index (χ2n) is 3.60. The maximum atomic E-state index is 11.6. The van der Waals surface area contributed by atoms with Gasteiger partial charge in [0.05, 0.1) is 17.2 Å². The fourth-order valence-corrected chi connectivity index (χ4v) is 1.84. The van der Waals surface area contributed by atoms with Crippen LogP contribution < -0.4 is 0 Å². The molecule has 0 unspecified atom stereocenters. The van der Waals surface area contributed by atoms with Gasteiger partial charge in [0.15, 0.2) is 0 Å². The van der Waals surface area contributed by atoms with E-state index in [0.29, 0.717) is 16.5 Å². The molecule has 1 heterocycles. The Balaban J connectivity index is 2.73. The van der Waals surface area contributed by atoms with Gasteiger partial charge in [0, 0.05) is 24.1 Å². The molecule has 0 N–H and O–H groups in total. The lowest BCUT2D eigenvalue weighted by atomic mass is 10.1. The number of halogens is 1. The molecule has 4 nitrogen and oxygen atoms in total. The summed E-state index contributed by atoms with van der Waals surface area (Å²) in [7, 11) is 1.74. The molecular formula is C12H7ClN2O2. The number of carbonyl (C=O) groups is 2. The largest absolute Gasteiger partial charge is 0.350 e. The van der Waals surface area contributed by atoms with Crippen molar-refractivity contribution in [3.63, 3.8) is 0 Å². The van der Waals surface area contributed by atoms with Crippen molar-refractivity contribution in [2.45, 2.75) is 0 Å². The van der Waals surface area contributed by atoms with Gasteiger partial charge in [0.2, 0.25) is 5.78 Å². The third-order valence-corrected chi connectivity index (χ3v) is 2.71. The van der Waals surface area contributed by atoms with Gasteiger partial charge in [-0.25, -0.2) is 0 Å². The maximum absolute atomic E-state index is 11.6. The lowest BCUT2D eigenvalue weighted by Crippen LogP contribution is -2.06. The molecule has 0 aliphatic heterocycles. The number of hydrogen-bond donors (Lipinski definition) is 0. The standard InChI is InChI=1S/C12H7ClN2O2/c1-15-6-9(11(16)12(13)17)8-3-2-7(5-14)4-10(8)15/h2-4,6H,1H3. The molecule has 2 rings (SSSR count). The summed E-state index contributed by atoms with van der Waals surface area (Å²) in [5, 5.41) is 8.39. The molecule has 84 valence electrons. The van der Waals surface area contributed by atoms with Gasteiger partial charge in [-0.2, -0.15) is 5.26 Å². The topological polar surface area (TPSA) is 62.9 Å². The Labute approximate surface area is 102 Å². The number of ketones is 1. The monoisotopic (exact) mass is 246 g/mol. The number of carbonyl (C=O) groups excluding carboxylic acids is 2. The van der Waals surface area contributed by atoms with Crippen molar-refractivity contribution in [3.05, 3.63) is 35.5 Å². The Hall–Kier alpha value is -2.12. The number of aromatic nitrogens is 1. The summed E-state index contributed by atoms with van der Waals surface area (Å²) in [6, 6.07) is 6.91. The fourth-order valence-electron chi connectivity index (χ4n) is 1.74. The summed E-state index contributed by atoms with van der Waals surface area (Å²) in [5.41, 5.74) is 1.47. The number of aryl methyl sites for hydroxylation is 1. The summed E-state index contributed by atoms with van der Waals surface area (Å²) < 4.78 is 1.68. The Kier molecular flexibility index (Phi) is 2.70. The number of nitriles is 1. The Morgan fingerprint density at radius 1 is 1.41 bits per heavy atom. The van der Waals surface area contributed by atoms with Gasteiger partial charge >= 0.3 is 0 Å². The van der Waals surface area contributed by atoms with Crippen LogP contribution in [0.3, 0.4) is 0 Å². The van der Waals surface area contributed by atoms with Crippen LogP contribution in [-0.4, -0.2) is 15.6 Å². The Bertz CT molecular complexity index is 680. The lowest BCUT2D eigenvalue weighted by molar-refractivity contribution is -0.108. The second kappa shape index (κ2) is 4.04. The summed E-state index contributed by atoms with van der Waals surface area (Å²) >= 11 is 5.18. The van der Waals surface area contributed by atoms with Crippen molar-refractivity contribution in [1.29, 1.82) is 5.26 Å². The number of fused-ring (bicyclic) bond motifs is 1. The molecule has 1 aromatic carbocycles. The van der Waals surface area contributed by atoms with E-state index < -0.39 is 11.0 Å². The van der Waals surface area contributed by atoms with Crippen molar-refractivity contribution in [2.24, 2.45) is 7.05 Å². The fraction of sp³-hybridized carbons (Fsp3) is 0.0833. The highest BCUT2D eigenvalue weighted by Crippen LogP contribution is 2.22. The van der Waals surface area contributed by atoms with Crippen LogP contribution in [0.2, 0.25) is 0 Å². The van der Waals surface area contributed by atoms with Crippen molar-refractivity contribution >= 4 is 33.5 Å². The number of hydrogen-bond acceptors (Lipinski definition) is 3. The van der Waals surface area contributed by atoms with Crippen molar-refractivity contribution in [3.8, 4) is 6.07 Å². The van der Waals surface area contributed by atoms with E-state index in [2.05, 4.69) is 0 Å². The molecule has 0 bridgehead atoms. The van der Waals surface area contributed by atoms with Gasteiger partial charge in [0.25, 0.3) is 5.24 Å². The molecule has 17 heavy (non-hydrogen) atoms. The average molecular weight is 247 g/mol. The summed E-state index contributed by atoms with van der Waals surface area (Å²) in [6.07, 6.45) is 1.54. The van der Waals surface area contributed by atoms with Crippen LogP contribution in [0.15, 0.2) is 24.4 Å². The van der Waals surface area contributed by atoms with Gasteiger partial charge in [-0.1, -0.05) is 6.07 Å². The van der Waals surface area contributed by atoms with Crippen LogP contribution in [0, 0.1) is 11.3 Å². The van der Waals surface area contributed by atoms with Gasteiger partial charge in [0.1, 0.15) is 0 Å². The molecule has 0 atom stereocenters. The predicted molar refractivity (Wildman–Crippen MR) is 62.8 cm³/mol. The second-order valence-corrected chi connectivity index (χ2v) is 3.94. The lowest BCUT2D eigenvalue weighted by Gasteiger charge is -1.96. The van der Waals surface area contributed by atoms with Crippen molar-refractivity contribution in [2.75, 3.05) is 0 Å². The molecule has 0 radical (unpaired) electrons. The van der Waals surface area contributed by atoms with Gasteiger partial charge < -0.3 is 4.57 Å². The maximum Gasteiger partial charge on any atom is 0.293 e. The third kappa shape index (κ3) is 1.81. The van der Waals surface area contributed by atoms with E-state index in [9.17, 15) is 9.59 Å². The van der Waals surface area contributed by atoms with Gasteiger partial charge in [-0.05, 0) is 23.7 Å². The molecule has 0 saturated heterocycles. The zero-order chi connectivity index (χ0) is 12.6. The van der Waals surface area contributed by atoms with Crippen LogP contribution in [0.1, 0.15) is 15.9 Å². The molecule has 5 heteroatoms. The van der Waals surface area contributed by atoms with E-state index in [4.69, 9.17) is 16.9 Å². The highest BCUT2D eigenvalue weighted by molar-refractivity contribution is 6.83. The normalized spacial score (nSPS) is 10.2. The van der Waals surface area contributed by atoms with Crippen LogP contribution >= 0.6 is 11.6 Å². The van der Waals surface area contributed by atoms with E-state index in [1.165, 1.54) is 6.20 Å². The summed E-state index contributed by atoms with van der Waals surface area (Å²) in [6.45, 7) is 0. The van der Waals surface area contributed by atoms with Crippen LogP contribution in [0.5, 0.6) is 0 Å². The zero-order valence-corrected chi connectivity index (χ0v) is 9.65. The van der Waals surface area contributed by atoms with Crippen molar-refractivity contribution in [1.82, 2.24) is 4.57 Å². The Morgan fingerprint density at radius 3 is 2.71 bits per heavy atom. The van der Waals surface area contributed by atoms with Crippen LogP contribution in [-0.2, 0) is 11.8 Å². The first-order valence-corrected chi connectivity index (χ1v) is 5.15. The number of nitrogens with zero attached hydrogens (tertiary/aromatic N) is 2. The first kappa shape index (κ1) is 11.4. The molecule has 0 spiro atoms. The highest BCUT2D eigenvalue weighted by atomic mass is 35.5. The smallest absolute Gasteiger partial charge is 0.293 e. The first-order valence-electron chi connectivity index (χ1n) is 4.78. The van der Waals surface area contributed by atoms with Gasteiger partial charge in [-0.3, -0.25) is 9.59 Å². The average Bonchev–Trinajstić information content (AvgIpc) is 2.65. The van der Waals surface area contributed by atoms with E-state index in [1.807, 2.05) is 6.07 Å². The third-order valence-electron chi connectivity index (χ3n) is 2.54. The minimum Gasteiger partial charge on any atom is -0.350 e. The number of benzene rings is 1. The van der Waals surface area contributed by atoms with Crippen molar-refractivity contribution < 1.29 is 9.59 Å². The van der Waals surface area contributed by atoms with Crippen LogP contribution in [0.25, 0.3) is 10.9 Å². The molecule has 0 fully saturated rings. The molecule has 2 aromatic rings. The molecular weight excluding hydrogens is 240 g/mol. The predicted octanol–water partition coefficient (Wildman–Crippen LogP) is 2.00. The number of rotatable bonds is 2. The molecule has 0 aliphatic rings. The van der Waals surface area contributed by atoms with E-state index in [0.717, 1.165) is 0 Å². The van der Waals surface area contributed by atoms with Gasteiger partial charge in [-0.15, -0.1) is 0 Å².